The van der Waals surface area contributed by atoms with E-state index in [2.05, 4.69) is 22.6 Å². The molecule has 0 amide bonds. The third-order valence-electron chi connectivity index (χ3n) is 6.61. The number of rotatable bonds is 3. The monoisotopic (exact) mass is 531 g/mol. The number of aliphatic hydroxyl groups excluding tert-OH is 2. The molecule has 162 valence electrons. The van der Waals surface area contributed by atoms with Crippen LogP contribution in [0.15, 0.2) is 24.3 Å². The fraction of sp³-hybridized carbons (Fsp3) is 0.522. The number of fused-ring (bicyclic) bond motifs is 1. The molecular formula is C23H25F3INO2. The number of alkyl halides is 3. The van der Waals surface area contributed by atoms with Crippen LogP contribution in [0.4, 0.5) is 13.2 Å². The predicted molar refractivity (Wildman–Crippen MR) is 116 cm³/mol. The maximum absolute atomic E-state index is 12.9. The molecule has 0 unspecified atom stereocenters. The first-order valence-corrected chi connectivity index (χ1v) is 11.4. The van der Waals surface area contributed by atoms with Gasteiger partial charge in [0.1, 0.15) is 6.10 Å². The van der Waals surface area contributed by atoms with Crippen LogP contribution in [-0.2, 0) is 12.6 Å². The third-order valence-corrected chi connectivity index (χ3v) is 7.77. The molecule has 1 saturated carbocycles. The Hall–Kier alpha value is -1.19. The molecule has 4 rings (SSSR count). The van der Waals surface area contributed by atoms with Crippen molar-refractivity contribution in [2.75, 3.05) is 0 Å². The van der Waals surface area contributed by atoms with Crippen molar-refractivity contribution in [2.24, 2.45) is 5.41 Å². The molecule has 1 fully saturated rings. The Labute approximate surface area is 187 Å². The highest BCUT2D eigenvalue weighted by atomic mass is 127. The van der Waals surface area contributed by atoms with Crippen LogP contribution in [0.3, 0.4) is 0 Å². The van der Waals surface area contributed by atoms with Crippen molar-refractivity contribution >= 4 is 22.6 Å². The first-order valence-electron chi connectivity index (χ1n) is 10.3. The van der Waals surface area contributed by atoms with Crippen molar-refractivity contribution in [1.82, 2.24) is 4.98 Å². The third kappa shape index (κ3) is 3.77. The topological polar surface area (TPSA) is 53.4 Å². The summed E-state index contributed by atoms with van der Waals surface area (Å²) in [6.07, 6.45) is -1.23. The van der Waals surface area contributed by atoms with Gasteiger partial charge < -0.3 is 10.2 Å². The van der Waals surface area contributed by atoms with Crippen LogP contribution in [0.5, 0.6) is 0 Å². The molecule has 3 nitrogen and oxygen atoms in total. The minimum absolute atomic E-state index is 0.0272. The van der Waals surface area contributed by atoms with Gasteiger partial charge in [0.25, 0.3) is 0 Å². The molecule has 2 aliphatic rings. The average Bonchev–Trinajstić information content (AvgIpc) is 2.64. The van der Waals surface area contributed by atoms with Crippen molar-refractivity contribution in [1.29, 1.82) is 0 Å². The van der Waals surface area contributed by atoms with Gasteiger partial charge in [0.05, 0.1) is 17.4 Å². The number of hydrogen-bond acceptors (Lipinski definition) is 3. The Balaban J connectivity index is 1.78. The summed E-state index contributed by atoms with van der Waals surface area (Å²) in [6.45, 7) is 3.98. The van der Waals surface area contributed by atoms with E-state index in [0.29, 0.717) is 17.5 Å². The van der Waals surface area contributed by atoms with Gasteiger partial charge in [-0.2, -0.15) is 13.2 Å². The highest BCUT2D eigenvalue weighted by molar-refractivity contribution is 14.1. The molecule has 2 aliphatic carbocycles. The van der Waals surface area contributed by atoms with E-state index in [9.17, 15) is 23.4 Å². The van der Waals surface area contributed by atoms with Crippen LogP contribution < -0.4 is 0 Å². The van der Waals surface area contributed by atoms with E-state index >= 15 is 0 Å². The van der Waals surface area contributed by atoms with Gasteiger partial charge in [-0.3, -0.25) is 4.98 Å². The lowest BCUT2D eigenvalue weighted by Crippen LogP contribution is -2.38. The Morgan fingerprint density at radius 1 is 1.17 bits per heavy atom. The Kier molecular flexibility index (Phi) is 5.68. The van der Waals surface area contributed by atoms with Gasteiger partial charge in [-0.15, -0.1) is 0 Å². The standard InChI is InChI=1S/C23H25F3INO2/c1-12(2)20-18(21(30)13-4-6-14(7-5-13)23(24,25)26)19(27)17-15(28-20)10-22(8-3-9-22)11-16(17)29/h4-7,12,16,21,29-30H,3,8-11H2,1-2H3/t16-,21+/m0/s1. The van der Waals surface area contributed by atoms with Crippen LogP contribution in [0.25, 0.3) is 0 Å². The number of aromatic nitrogens is 1. The molecule has 1 heterocycles. The van der Waals surface area contributed by atoms with Crippen molar-refractivity contribution in [3.05, 3.63) is 61.5 Å². The molecule has 1 aromatic carbocycles. The van der Waals surface area contributed by atoms with Crippen LogP contribution in [0, 0.1) is 8.99 Å². The van der Waals surface area contributed by atoms with Crippen LogP contribution in [-0.4, -0.2) is 15.2 Å². The fourth-order valence-electron chi connectivity index (χ4n) is 4.84. The SMILES string of the molecule is CC(C)c1nc2c(c(I)c1[C@H](O)c1ccc(C(F)(F)F)cc1)[C@@H](O)CC1(CCC1)C2. The Morgan fingerprint density at radius 2 is 1.80 bits per heavy atom. The van der Waals surface area contributed by atoms with Crippen LogP contribution >= 0.6 is 22.6 Å². The van der Waals surface area contributed by atoms with E-state index in [1.165, 1.54) is 18.6 Å². The molecular weight excluding hydrogens is 506 g/mol. The second-order valence-corrected chi connectivity index (χ2v) is 10.1. The molecule has 0 saturated heterocycles. The first-order chi connectivity index (χ1) is 14.0. The lowest BCUT2D eigenvalue weighted by molar-refractivity contribution is -0.137. The second kappa shape index (κ2) is 7.74. The number of aliphatic hydroxyl groups is 2. The van der Waals surface area contributed by atoms with E-state index in [-0.39, 0.29) is 11.3 Å². The lowest BCUT2D eigenvalue weighted by Gasteiger charge is -2.47. The van der Waals surface area contributed by atoms with E-state index in [1.54, 1.807) is 0 Å². The average molecular weight is 531 g/mol. The predicted octanol–water partition coefficient (Wildman–Crippen LogP) is 6.06. The van der Waals surface area contributed by atoms with Crippen molar-refractivity contribution in [2.45, 2.75) is 70.3 Å². The number of pyridine rings is 1. The molecule has 1 aromatic heterocycles. The minimum atomic E-state index is -4.42. The molecule has 0 radical (unpaired) electrons. The molecule has 0 aliphatic heterocycles. The van der Waals surface area contributed by atoms with Gasteiger partial charge in [0.15, 0.2) is 0 Å². The summed E-state index contributed by atoms with van der Waals surface area (Å²) in [6, 6.07) is 4.60. The zero-order valence-electron chi connectivity index (χ0n) is 16.9. The summed E-state index contributed by atoms with van der Waals surface area (Å²) < 4.78 is 39.5. The van der Waals surface area contributed by atoms with Gasteiger partial charge in [0.2, 0.25) is 0 Å². The van der Waals surface area contributed by atoms with Crippen molar-refractivity contribution in [3.63, 3.8) is 0 Å². The minimum Gasteiger partial charge on any atom is -0.388 e. The molecule has 2 atom stereocenters. The zero-order valence-corrected chi connectivity index (χ0v) is 19.1. The summed E-state index contributed by atoms with van der Waals surface area (Å²) >= 11 is 2.16. The van der Waals surface area contributed by atoms with Crippen LogP contribution in [0.2, 0.25) is 0 Å². The lowest BCUT2D eigenvalue weighted by atomic mass is 9.59. The smallest absolute Gasteiger partial charge is 0.388 e. The number of hydrogen-bond donors (Lipinski definition) is 2. The zero-order chi connectivity index (χ0) is 21.8. The van der Waals surface area contributed by atoms with E-state index in [0.717, 1.165) is 51.9 Å². The van der Waals surface area contributed by atoms with Crippen LogP contribution in [0.1, 0.15) is 91.3 Å². The van der Waals surface area contributed by atoms with E-state index < -0.39 is 23.9 Å². The summed E-state index contributed by atoms with van der Waals surface area (Å²) in [5.74, 6) is 0.0272. The number of nitrogens with zero attached hydrogens (tertiary/aromatic N) is 1. The normalized spacial score (nSPS) is 21.4. The molecule has 1 spiro atoms. The summed E-state index contributed by atoms with van der Waals surface area (Å²) in [5.41, 5.74) is 2.79. The highest BCUT2D eigenvalue weighted by Gasteiger charge is 2.45. The highest BCUT2D eigenvalue weighted by Crippen LogP contribution is 2.54. The largest absolute Gasteiger partial charge is 0.416 e. The molecule has 2 aromatic rings. The number of halogens is 4. The Morgan fingerprint density at radius 3 is 2.30 bits per heavy atom. The maximum Gasteiger partial charge on any atom is 0.416 e. The van der Waals surface area contributed by atoms with Crippen molar-refractivity contribution in [3.8, 4) is 0 Å². The quantitative estimate of drug-likeness (QED) is 0.474. The Bertz CT molecular complexity index is 952. The summed E-state index contributed by atoms with van der Waals surface area (Å²) in [4.78, 5) is 4.90. The second-order valence-electron chi connectivity index (χ2n) is 9.01. The molecule has 0 bridgehead atoms. The van der Waals surface area contributed by atoms with E-state index in [4.69, 9.17) is 4.98 Å². The van der Waals surface area contributed by atoms with Crippen molar-refractivity contribution < 1.29 is 23.4 Å². The summed E-state index contributed by atoms with van der Waals surface area (Å²) in [5, 5.41) is 22.1. The van der Waals surface area contributed by atoms with E-state index in [1.807, 2.05) is 13.8 Å². The van der Waals surface area contributed by atoms with Gasteiger partial charge in [-0.25, -0.2) is 0 Å². The molecule has 2 N–H and O–H groups in total. The van der Waals surface area contributed by atoms with Gasteiger partial charge in [-0.05, 0) is 77.3 Å². The molecule has 30 heavy (non-hydrogen) atoms. The summed E-state index contributed by atoms with van der Waals surface area (Å²) in [7, 11) is 0. The maximum atomic E-state index is 12.9. The molecule has 7 heteroatoms. The van der Waals surface area contributed by atoms with Gasteiger partial charge in [-0.1, -0.05) is 32.4 Å². The fourth-order valence-corrected chi connectivity index (χ4v) is 6.08. The van der Waals surface area contributed by atoms with Gasteiger partial charge >= 0.3 is 6.18 Å². The number of benzene rings is 1. The first kappa shape index (κ1) is 22.0. The van der Waals surface area contributed by atoms with Gasteiger partial charge in [0, 0.05) is 20.4 Å².